The van der Waals surface area contributed by atoms with Crippen molar-refractivity contribution in [3.8, 4) is 0 Å². The van der Waals surface area contributed by atoms with Gasteiger partial charge in [0.25, 0.3) is 5.91 Å². The van der Waals surface area contributed by atoms with Crippen LogP contribution in [0.15, 0.2) is 11.3 Å². The first kappa shape index (κ1) is 10.1. The molecular formula is C10H18N2O. The van der Waals surface area contributed by atoms with Gasteiger partial charge >= 0.3 is 0 Å². The molecule has 0 aliphatic carbocycles. The van der Waals surface area contributed by atoms with Crippen molar-refractivity contribution in [1.82, 2.24) is 9.80 Å². The number of likely N-dealkylation sites (N-methyl/N-ethyl adjacent to an activating group) is 1. The van der Waals surface area contributed by atoms with Crippen LogP contribution in [0.2, 0.25) is 0 Å². The molecule has 0 radical (unpaired) electrons. The number of allylic oxidation sites excluding steroid dienone is 1. The van der Waals surface area contributed by atoms with Gasteiger partial charge in [0.2, 0.25) is 0 Å². The number of rotatable bonds is 1. The Hall–Kier alpha value is -0.990. The Kier molecular flexibility index (Phi) is 2.64. The molecule has 0 N–H and O–H groups in total. The zero-order valence-corrected chi connectivity index (χ0v) is 9.09. The molecule has 0 aromatic heterocycles. The van der Waals surface area contributed by atoms with Crippen LogP contribution in [0.4, 0.5) is 0 Å². The lowest BCUT2D eigenvalue weighted by Crippen LogP contribution is -2.26. The fourth-order valence-corrected chi connectivity index (χ4v) is 1.81. The Balaban J connectivity index is 2.95. The smallest absolute Gasteiger partial charge is 0.251 e. The minimum atomic E-state index is 0.148. The molecule has 74 valence electrons. The Morgan fingerprint density at radius 1 is 1.54 bits per heavy atom. The quantitative estimate of drug-likeness (QED) is 0.602. The van der Waals surface area contributed by atoms with Gasteiger partial charge in [-0.25, -0.2) is 0 Å². The van der Waals surface area contributed by atoms with Crippen LogP contribution < -0.4 is 0 Å². The van der Waals surface area contributed by atoms with E-state index in [-0.39, 0.29) is 5.91 Å². The third kappa shape index (κ3) is 1.69. The molecule has 13 heavy (non-hydrogen) atoms. The maximum atomic E-state index is 11.8. The maximum absolute atomic E-state index is 11.8. The lowest BCUT2D eigenvalue weighted by molar-refractivity contribution is -0.125. The minimum Gasteiger partial charge on any atom is -0.377 e. The van der Waals surface area contributed by atoms with E-state index in [0.717, 1.165) is 17.8 Å². The van der Waals surface area contributed by atoms with Crippen LogP contribution >= 0.6 is 0 Å². The Bertz CT molecular complexity index is 256. The van der Waals surface area contributed by atoms with E-state index >= 15 is 0 Å². The number of carbonyl (C=O) groups is 1. The third-order valence-corrected chi connectivity index (χ3v) is 2.64. The number of nitrogens with zero attached hydrogens (tertiary/aromatic N) is 2. The largest absolute Gasteiger partial charge is 0.377 e. The fraction of sp³-hybridized carbons (Fsp3) is 0.700. The molecule has 1 rings (SSSR count). The monoisotopic (exact) mass is 182 g/mol. The van der Waals surface area contributed by atoms with Crippen molar-refractivity contribution in [2.24, 2.45) is 5.92 Å². The highest BCUT2D eigenvalue weighted by atomic mass is 16.2. The summed E-state index contributed by atoms with van der Waals surface area (Å²) < 4.78 is 0. The standard InChI is InChI=1S/C10H18N2O/c1-7-6-12(5)8(2)9(7)10(13)11(3)4/h7H,6H2,1-5H3. The molecule has 0 aromatic rings. The van der Waals surface area contributed by atoms with E-state index in [1.807, 2.05) is 14.0 Å². The van der Waals surface area contributed by atoms with E-state index in [1.54, 1.807) is 19.0 Å². The normalized spacial score (nSPS) is 22.5. The van der Waals surface area contributed by atoms with Crippen LogP contribution in [0.3, 0.4) is 0 Å². The molecule has 1 unspecified atom stereocenters. The van der Waals surface area contributed by atoms with Crippen molar-refractivity contribution in [1.29, 1.82) is 0 Å². The first-order chi connectivity index (χ1) is 5.95. The topological polar surface area (TPSA) is 23.6 Å². The van der Waals surface area contributed by atoms with Crippen LogP contribution in [-0.4, -0.2) is 43.4 Å². The van der Waals surface area contributed by atoms with Crippen LogP contribution in [0.5, 0.6) is 0 Å². The molecular weight excluding hydrogens is 164 g/mol. The SMILES string of the molecule is CC1=C(C(=O)N(C)C)C(C)CN1C. The summed E-state index contributed by atoms with van der Waals surface area (Å²) in [6.45, 7) is 5.07. The summed E-state index contributed by atoms with van der Waals surface area (Å²) in [6, 6.07) is 0. The van der Waals surface area contributed by atoms with Crippen LogP contribution in [-0.2, 0) is 4.79 Å². The van der Waals surface area contributed by atoms with Gasteiger partial charge in [0, 0.05) is 44.9 Å². The van der Waals surface area contributed by atoms with Gasteiger partial charge < -0.3 is 9.80 Å². The highest BCUT2D eigenvalue weighted by molar-refractivity contribution is 5.94. The van der Waals surface area contributed by atoms with E-state index in [4.69, 9.17) is 0 Å². The number of hydrogen-bond donors (Lipinski definition) is 0. The molecule has 3 nitrogen and oxygen atoms in total. The fourth-order valence-electron chi connectivity index (χ4n) is 1.81. The van der Waals surface area contributed by atoms with Gasteiger partial charge in [0.05, 0.1) is 0 Å². The molecule has 0 spiro atoms. The molecule has 1 amide bonds. The minimum absolute atomic E-state index is 0.148. The van der Waals surface area contributed by atoms with E-state index in [2.05, 4.69) is 11.8 Å². The van der Waals surface area contributed by atoms with Crippen molar-refractivity contribution < 1.29 is 4.79 Å². The number of carbonyl (C=O) groups excluding carboxylic acids is 1. The zero-order valence-electron chi connectivity index (χ0n) is 9.09. The van der Waals surface area contributed by atoms with Crippen LogP contribution in [0.25, 0.3) is 0 Å². The molecule has 1 atom stereocenters. The maximum Gasteiger partial charge on any atom is 0.251 e. The second kappa shape index (κ2) is 3.40. The predicted molar refractivity (Wildman–Crippen MR) is 53.2 cm³/mol. The van der Waals surface area contributed by atoms with Crippen molar-refractivity contribution in [3.05, 3.63) is 11.3 Å². The molecule has 0 saturated heterocycles. The van der Waals surface area contributed by atoms with E-state index in [1.165, 1.54) is 0 Å². The molecule has 1 aliphatic heterocycles. The summed E-state index contributed by atoms with van der Waals surface area (Å²) in [4.78, 5) is 15.5. The molecule has 0 bridgehead atoms. The Labute approximate surface area is 80.0 Å². The summed E-state index contributed by atoms with van der Waals surface area (Å²) in [5.41, 5.74) is 2.08. The van der Waals surface area contributed by atoms with Crippen molar-refractivity contribution in [2.75, 3.05) is 27.7 Å². The zero-order chi connectivity index (χ0) is 10.2. The first-order valence-corrected chi connectivity index (χ1v) is 4.58. The highest BCUT2D eigenvalue weighted by Gasteiger charge is 2.29. The van der Waals surface area contributed by atoms with Crippen molar-refractivity contribution >= 4 is 5.91 Å². The molecule has 0 saturated carbocycles. The average molecular weight is 182 g/mol. The second-order valence-electron chi connectivity index (χ2n) is 3.98. The predicted octanol–water partition coefficient (Wildman–Crippen LogP) is 0.930. The summed E-state index contributed by atoms with van der Waals surface area (Å²) in [6.07, 6.45) is 0. The van der Waals surface area contributed by atoms with E-state index < -0.39 is 0 Å². The molecule has 1 heterocycles. The lowest BCUT2D eigenvalue weighted by atomic mass is 10.0. The van der Waals surface area contributed by atoms with Crippen LogP contribution in [0, 0.1) is 5.92 Å². The van der Waals surface area contributed by atoms with Gasteiger partial charge in [-0.05, 0) is 6.92 Å². The van der Waals surface area contributed by atoms with E-state index in [9.17, 15) is 4.79 Å². The second-order valence-corrected chi connectivity index (χ2v) is 3.98. The summed E-state index contributed by atoms with van der Waals surface area (Å²) in [5, 5.41) is 0. The molecule has 0 fully saturated rings. The summed E-state index contributed by atoms with van der Waals surface area (Å²) in [7, 11) is 5.63. The average Bonchev–Trinajstić information content (AvgIpc) is 2.26. The van der Waals surface area contributed by atoms with Crippen LogP contribution in [0.1, 0.15) is 13.8 Å². The first-order valence-electron chi connectivity index (χ1n) is 4.58. The number of amides is 1. The van der Waals surface area contributed by atoms with Gasteiger partial charge in [-0.3, -0.25) is 4.79 Å². The van der Waals surface area contributed by atoms with Gasteiger partial charge in [-0.15, -0.1) is 0 Å². The van der Waals surface area contributed by atoms with Gasteiger partial charge in [-0.2, -0.15) is 0 Å². The number of hydrogen-bond acceptors (Lipinski definition) is 2. The highest BCUT2D eigenvalue weighted by Crippen LogP contribution is 2.27. The van der Waals surface area contributed by atoms with Gasteiger partial charge in [0.1, 0.15) is 0 Å². The van der Waals surface area contributed by atoms with Crippen molar-refractivity contribution in [2.45, 2.75) is 13.8 Å². The van der Waals surface area contributed by atoms with E-state index in [0.29, 0.717) is 5.92 Å². The van der Waals surface area contributed by atoms with Crippen molar-refractivity contribution in [3.63, 3.8) is 0 Å². The molecule has 0 aromatic carbocycles. The van der Waals surface area contributed by atoms with Gasteiger partial charge in [0.15, 0.2) is 0 Å². The molecule has 1 aliphatic rings. The third-order valence-electron chi connectivity index (χ3n) is 2.64. The molecule has 3 heteroatoms. The Morgan fingerprint density at radius 3 is 2.38 bits per heavy atom. The summed E-state index contributed by atoms with van der Waals surface area (Å²) in [5.74, 6) is 0.509. The Morgan fingerprint density at radius 2 is 2.08 bits per heavy atom. The summed E-state index contributed by atoms with van der Waals surface area (Å²) >= 11 is 0. The lowest BCUT2D eigenvalue weighted by Gasteiger charge is -2.14. The van der Waals surface area contributed by atoms with Gasteiger partial charge in [-0.1, -0.05) is 6.92 Å².